The highest BCUT2D eigenvalue weighted by molar-refractivity contribution is 5.31. The van der Waals surface area contributed by atoms with Crippen LogP contribution in [0.3, 0.4) is 0 Å². The number of hydrogen-bond donors (Lipinski definition) is 1. The minimum atomic E-state index is 0.462. The summed E-state index contributed by atoms with van der Waals surface area (Å²) in [5.74, 6) is 0.934. The molecule has 1 saturated carbocycles. The fraction of sp³-hybridized carbons (Fsp3) is 0.600. The molecule has 94 valence electrons. The zero-order valence-electron chi connectivity index (χ0n) is 11.1. The molecular formula is C15H23NO. The third-order valence-electron chi connectivity index (χ3n) is 3.78. The second kappa shape index (κ2) is 5.09. The highest BCUT2D eigenvalue weighted by Gasteiger charge is 2.45. The lowest BCUT2D eigenvalue weighted by atomic mass is 9.91. The molecule has 1 aliphatic carbocycles. The fourth-order valence-electron chi connectivity index (χ4n) is 2.34. The Kier molecular flexibility index (Phi) is 3.72. The van der Waals surface area contributed by atoms with Crippen molar-refractivity contribution in [3.05, 3.63) is 29.8 Å². The fourth-order valence-corrected chi connectivity index (χ4v) is 2.34. The van der Waals surface area contributed by atoms with Gasteiger partial charge in [-0.05, 0) is 48.9 Å². The molecule has 1 unspecified atom stereocenters. The van der Waals surface area contributed by atoms with Crippen molar-refractivity contribution in [2.75, 3.05) is 13.7 Å². The Morgan fingerprint density at radius 1 is 1.29 bits per heavy atom. The summed E-state index contributed by atoms with van der Waals surface area (Å²) in [5, 5.41) is 3.68. The van der Waals surface area contributed by atoms with Crippen LogP contribution in [-0.2, 0) is 0 Å². The van der Waals surface area contributed by atoms with Crippen LogP contribution in [-0.4, -0.2) is 13.7 Å². The van der Waals surface area contributed by atoms with Gasteiger partial charge in [0.15, 0.2) is 0 Å². The third kappa shape index (κ3) is 2.81. The Morgan fingerprint density at radius 2 is 1.94 bits per heavy atom. The number of benzene rings is 1. The van der Waals surface area contributed by atoms with E-state index in [2.05, 4.69) is 43.4 Å². The molecule has 0 bridgehead atoms. The van der Waals surface area contributed by atoms with Gasteiger partial charge in [-0.2, -0.15) is 0 Å². The monoisotopic (exact) mass is 233 g/mol. The summed E-state index contributed by atoms with van der Waals surface area (Å²) in [6.07, 6.45) is 3.85. The zero-order valence-corrected chi connectivity index (χ0v) is 11.1. The van der Waals surface area contributed by atoms with Gasteiger partial charge < -0.3 is 10.1 Å². The van der Waals surface area contributed by atoms with Crippen molar-refractivity contribution in [3.63, 3.8) is 0 Å². The van der Waals surface area contributed by atoms with E-state index in [4.69, 9.17) is 4.74 Å². The summed E-state index contributed by atoms with van der Waals surface area (Å²) in [6, 6.07) is 8.99. The van der Waals surface area contributed by atoms with Gasteiger partial charge in [0.05, 0.1) is 7.11 Å². The molecule has 2 heteroatoms. The second-order valence-electron chi connectivity index (χ2n) is 5.31. The molecule has 2 rings (SSSR count). The summed E-state index contributed by atoms with van der Waals surface area (Å²) in [6.45, 7) is 5.68. The van der Waals surface area contributed by atoms with Crippen LogP contribution in [0.4, 0.5) is 0 Å². The quantitative estimate of drug-likeness (QED) is 0.811. The first-order chi connectivity index (χ1) is 8.19. The molecule has 0 amide bonds. The molecule has 1 N–H and O–H groups in total. The van der Waals surface area contributed by atoms with Gasteiger partial charge >= 0.3 is 0 Å². The van der Waals surface area contributed by atoms with E-state index in [9.17, 15) is 0 Å². The Morgan fingerprint density at radius 3 is 2.41 bits per heavy atom. The highest BCUT2D eigenvalue weighted by Crippen LogP contribution is 2.54. The van der Waals surface area contributed by atoms with Crippen molar-refractivity contribution >= 4 is 0 Å². The standard InChI is InChI=1S/C15H23NO/c1-4-11-16-14(15(2)9-10-15)12-5-7-13(17-3)8-6-12/h5-8,14,16H,4,9-11H2,1-3H3. The lowest BCUT2D eigenvalue weighted by molar-refractivity contribution is 0.365. The Hall–Kier alpha value is -1.02. The molecule has 1 aromatic carbocycles. The van der Waals surface area contributed by atoms with Gasteiger partial charge in [-0.3, -0.25) is 0 Å². The lowest BCUT2D eigenvalue weighted by Gasteiger charge is -2.25. The van der Waals surface area contributed by atoms with Crippen molar-refractivity contribution in [3.8, 4) is 5.75 Å². The van der Waals surface area contributed by atoms with E-state index in [0.29, 0.717) is 11.5 Å². The van der Waals surface area contributed by atoms with Gasteiger partial charge in [0.1, 0.15) is 5.75 Å². The third-order valence-corrected chi connectivity index (χ3v) is 3.78. The maximum Gasteiger partial charge on any atom is 0.118 e. The average Bonchev–Trinajstić information content (AvgIpc) is 3.09. The maximum absolute atomic E-state index is 5.21. The van der Waals surface area contributed by atoms with Crippen molar-refractivity contribution in [2.24, 2.45) is 5.41 Å². The SMILES string of the molecule is CCCNC(c1ccc(OC)cc1)C1(C)CC1. The van der Waals surface area contributed by atoms with Crippen LogP contribution in [0.5, 0.6) is 5.75 Å². The lowest BCUT2D eigenvalue weighted by Crippen LogP contribution is -2.28. The smallest absolute Gasteiger partial charge is 0.118 e. The molecule has 0 heterocycles. The first-order valence-corrected chi connectivity index (χ1v) is 6.57. The van der Waals surface area contributed by atoms with E-state index in [1.165, 1.54) is 24.8 Å². The minimum absolute atomic E-state index is 0.462. The predicted octanol–water partition coefficient (Wildman–Crippen LogP) is 3.54. The first kappa shape index (κ1) is 12.4. The molecule has 1 fully saturated rings. The van der Waals surface area contributed by atoms with Gasteiger partial charge in [0.25, 0.3) is 0 Å². The van der Waals surface area contributed by atoms with Crippen LogP contribution < -0.4 is 10.1 Å². The van der Waals surface area contributed by atoms with Crippen molar-refractivity contribution in [1.82, 2.24) is 5.32 Å². The van der Waals surface area contributed by atoms with Gasteiger partial charge in [0.2, 0.25) is 0 Å². The number of hydrogen-bond acceptors (Lipinski definition) is 2. The van der Waals surface area contributed by atoms with Gasteiger partial charge in [0, 0.05) is 6.04 Å². The predicted molar refractivity (Wildman–Crippen MR) is 71.4 cm³/mol. The average molecular weight is 233 g/mol. The maximum atomic E-state index is 5.21. The van der Waals surface area contributed by atoms with Crippen LogP contribution in [0, 0.1) is 5.41 Å². The number of rotatable bonds is 6. The Balaban J connectivity index is 2.13. The molecule has 0 aromatic heterocycles. The molecular weight excluding hydrogens is 210 g/mol. The van der Waals surface area contributed by atoms with Crippen LogP contribution in [0.1, 0.15) is 44.7 Å². The summed E-state index contributed by atoms with van der Waals surface area (Å²) in [4.78, 5) is 0. The van der Waals surface area contributed by atoms with E-state index in [-0.39, 0.29) is 0 Å². The second-order valence-corrected chi connectivity index (χ2v) is 5.31. The van der Waals surface area contributed by atoms with E-state index in [0.717, 1.165) is 12.3 Å². The molecule has 1 atom stereocenters. The van der Waals surface area contributed by atoms with Crippen LogP contribution in [0.15, 0.2) is 24.3 Å². The summed E-state index contributed by atoms with van der Waals surface area (Å²) >= 11 is 0. The molecule has 1 aliphatic rings. The molecule has 17 heavy (non-hydrogen) atoms. The minimum Gasteiger partial charge on any atom is -0.497 e. The zero-order chi connectivity index (χ0) is 12.3. The largest absolute Gasteiger partial charge is 0.497 e. The van der Waals surface area contributed by atoms with E-state index in [1.54, 1.807) is 7.11 Å². The van der Waals surface area contributed by atoms with Crippen LogP contribution >= 0.6 is 0 Å². The van der Waals surface area contributed by atoms with Crippen LogP contribution in [0.25, 0.3) is 0 Å². The summed E-state index contributed by atoms with van der Waals surface area (Å²) in [5.41, 5.74) is 1.85. The summed E-state index contributed by atoms with van der Waals surface area (Å²) < 4.78 is 5.21. The number of ether oxygens (including phenoxy) is 1. The van der Waals surface area contributed by atoms with E-state index >= 15 is 0 Å². The normalized spacial score (nSPS) is 18.8. The molecule has 1 aromatic rings. The summed E-state index contributed by atoms with van der Waals surface area (Å²) in [7, 11) is 1.71. The van der Waals surface area contributed by atoms with Crippen LogP contribution in [0.2, 0.25) is 0 Å². The highest BCUT2D eigenvalue weighted by atomic mass is 16.5. The van der Waals surface area contributed by atoms with E-state index < -0.39 is 0 Å². The molecule has 0 saturated heterocycles. The number of methoxy groups -OCH3 is 1. The van der Waals surface area contributed by atoms with Crippen molar-refractivity contribution in [1.29, 1.82) is 0 Å². The Bertz CT molecular complexity index is 354. The topological polar surface area (TPSA) is 21.3 Å². The van der Waals surface area contributed by atoms with Gasteiger partial charge in [-0.1, -0.05) is 26.0 Å². The molecule has 0 aliphatic heterocycles. The van der Waals surface area contributed by atoms with Gasteiger partial charge in [-0.15, -0.1) is 0 Å². The first-order valence-electron chi connectivity index (χ1n) is 6.57. The van der Waals surface area contributed by atoms with Gasteiger partial charge in [-0.25, -0.2) is 0 Å². The molecule has 0 spiro atoms. The number of nitrogens with one attached hydrogen (secondary N) is 1. The molecule has 0 radical (unpaired) electrons. The van der Waals surface area contributed by atoms with Crippen molar-refractivity contribution < 1.29 is 4.74 Å². The van der Waals surface area contributed by atoms with Crippen molar-refractivity contribution in [2.45, 2.75) is 39.2 Å². The van der Waals surface area contributed by atoms with E-state index in [1.807, 2.05) is 0 Å². The molecule has 2 nitrogen and oxygen atoms in total. The Labute approximate surface area is 104 Å².